The van der Waals surface area contributed by atoms with Crippen LogP contribution in [0.25, 0.3) is 0 Å². The van der Waals surface area contributed by atoms with Crippen LogP contribution in [0.15, 0.2) is 11.4 Å². The largest absolute Gasteiger partial charge is 0.496 e. The molecule has 16 heavy (non-hydrogen) atoms. The van der Waals surface area contributed by atoms with E-state index in [0.717, 1.165) is 31.7 Å². The Morgan fingerprint density at radius 3 is 3.19 bits per heavy atom. The van der Waals surface area contributed by atoms with Gasteiger partial charge in [0.25, 0.3) is 5.91 Å². The lowest BCUT2D eigenvalue weighted by Gasteiger charge is -2.23. The molecule has 0 aliphatic carbocycles. The first kappa shape index (κ1) is 11.4. The lowest BCUT2D eigenvalue weighted by atomic mass is 10.1. The molecule has 2 N–H and O–H groups in total. The van der Waals surface area contributed by atoms with Gasteiger partial charge in [-0.2, -0.15) is 0 Å². The molecule has 1 saturated heterocycles. The molecule has 1 aliphatic heterocycles. The fourth-order valence-corrected chi connectivity index (χ4v) is 2.53. The number of amides is 1. The number of carbonyl (C=O) groups is 1. The van der Waals surface area contributed by atoms with Crippen molar-refractivity contribution in [1.29, 1.82) is 0 Å². The number of thiophene rings is 1. The quantitative estimate of drug-likeness (QED) is 0.835. The minimum atomic E-state index is 0.00185. The Hall–Kier alpha value is -1.07. The minimum Gasteiger partial charge on any atom is -0.496 e. The number of hydrogen-bond donors (Lipinski definition) is 2. The Morgan fingerprint density at radius 1 is 1.69 bits per heavy atom. The molecule has 2 rings (SSSR count). The number of rotatable bonds is 3. The highest BCUT2D eigenvalue weighted by atomic mass is 32.1. The second-order valence-electron chi connectivity index (χ2n) is 3.87. The smallest absolute Gasteiger partial charge is 0.261 e. The molecular weight excluding hydrogens is 224 g/mol. The van der Waals surface area contributed by atoms with Crippen LogP contribution in [0.3, 0.4) is 0 Å². The summed E-state index contributed by atoms with van der Waals surface area (Å²) in [6, 6.07) is 2.03. The molecule has 1 aromatic heterocycles. The van der Waals surface area contributed by atoms with Crippen LogP contribution in [-0.4, -0.2) is 32.1 Å². The Bertz CT molecular complexity index is 359. The van der Waals surface area contributed by atoms with Gasteiger partial charge < -0.3 is 15.4 Å². The average Bonchev–Trinajstić information content (AvgIpc) is 2.79. The van der Waals surface area contributed by atoms with Crippen LogP contribution in [-0.2, 0) is 0 Å². The van der Waals surface area contributed by atoms with Crippen molar-refractivity contribution >= 4 is 17.2 Å². The van der Waals surface area contributed by atoms with Gasteiger partial charge >= 0.3 is 0 Å². The summed E-state index contributed by atoms with van der Waals surface area (Å²) in [6.07, 6.45) is 2.18. The summed E-state index contributed by atoms with van der Waals surface area (Å²) < 4.78 is 5.05. The molecule has 0 spiro atoms. The van der Waals surface area contributed by atoms with Crippen LogP contribution in [0.4, 0.5) is 0 Å². The normalized spacial score (nSPS) is 20.4. The highest BCUT2D eigenvalue weighted by molar-refractivity contribution is 7.12. The lowest BCUT2D eigenvalue weighted by molar-refractivity contribution is 0.0934. The molecule has 2 heterocycles. The Balaban J connectivity index is 1.91. The first-order valence-corrected chi connectivity index (χ1v) is 6.31. The first-order chi connectivity index (χ1) is 7.79. The fourth-order valence-electron chi connectivity index (χ4n) is 1.78. The van der Waals surface area contributed by atoms with Crippen LogP contribution < -0.4 is 15.4 Å². The SMILES string of the molecule is COc1csc(C(=O)N[C@@H]2CCCNC2)c1. The zero-order valence-electron chi connectivity index (χ0n) is 9.29. The van der Waals surface area contributed by atoms with Crippen molar-refractivity contribution in [3.63, 3.8) is 0 Å². The number of ether oxygens (including phenoxy) is 1. The van der Waals surface area contributed by atoms with Gasteiger partial charge in [0.15, 0.2) is 0 Å². The van der Waals surface area contributed by atoms with Gasteiger partial charge in [-0.15, -0.1) is 11.3 Å². The van der Waals surface area contributed by atoms with Gasteiger partial charge in [-0.1, -0.05) is 0 Å². The van der Waals surface area contributed by atoms with E-state index in [1.165, 1.54) is 11.3 Å². The van der Waals surface area contributed by atoms with Crippen LogP contribution in [0.2, 0.25) is 0 Å². The van der Waals surface area contributed by atoms with E-state index >= 15 is 0 Å². The molecule has 4 nitrogen and oxygen atoms in total. The predicted octanol–water partition coefficient (Wildman–Crippen LogP) is 1.24. The topological polar surface area (TPSA) is 50.4 Å². The molecule has 0 aromatic carbocycles. The number of hydrogen-bond acceptors (Lipinski definition) is 4. The zero-order chi connectivity index (χ0) is 11.4. The van der Waals surface area contributed by atoms with Gasteiger partial charge in [0.05, 0.1) is 12.0 Å². The predicted molar refractivity (Wildman–Crippen MR) is 64.2 cm³/mol. The summed E-state index contributed by atoms with van der Waals surface area (Å²) in [6.45, 7) is 1.92. The number of methoxy groups -OCH3 is 1. The summed E-state index contributed by atoms with van der Waals surface area (Å²) in [5.41, 5.74) is 0. The molecule has 0 saturated carbocycles. The van der Waals surface area contributed by atoms with Crippen molar-refractivity contribution in [1.82, 2.24) is 10.6 Å². The molecule has 1 amide bonds. The van der Waals surface area contributed by atoms with Crippen molar-refractivity contribution in [2.24, 2.45) is 0 Å². The minimum absolute atomic E-state index is 0.00185. The molecule has 88 valence electrons. The van der Waals surface area contributed by atoms with Gasteiger partial charge in [0.1, 0.15) is 5.75 Å². The molecule has 1 aromatic rings. The van der Waals surface area contributed by atoms with Crippen molar-refractivity contribution in [2.75, 3.05) is 20.2 Å². The van der Waals surface area contributed by atoms with Crippen LogP contribution in [0.1, 0.15) is 22.5 Å². The van der Waals surface area contributed by atoms with Gasteiger partial charge in [-0.05, 0) is 19.4 Å². The van der Waals surface area contributed by atoms with Gasteiger partial charge in [0, 0.05) is 24.0 Å². The Morgan fingerprint density at radius 2 is 2.56 bits per heavy atom. The third-order valence-electron chi connectivity index (χ3n) is 2.67. The average molecular weight is 240 g/mol. The van der Waals surface area contributed by atoms with Crippen molar-refractivity contribution in [3.8, 4) is 5.75 Å². The lowest BCUT2D eigenvalue weighted by Crippen LogP contribution is -2.45. The van der Waals surface area contributed by atoms with Crippen molar-refractivity contribution in [3.05, 3.63) is 16.3 Å². The van der Waals surface area contributed by atoms with E-state index < -0.39 is 0 Å². The van der Waals surface area contributed by atoms with E-state index in [0.29, 0.717) is 4.88 Å². The molecule has 0 radical (unpaired) electrons. The standard InChI is InChI=1S/C11H16N2O2S/c1-15-9-5-10(16-7-9)11(14)13-8-3-2-4-12-6-8/h5,7-8,12H,2-4,6H2,1H3,(H,13,14)/t8-/m1/s1. The zero-order valence-corrected chi connectivity index (χ0v) is 10.1. The fraction of sp³-hybridized carbons (Fsp3) is 0.545. The van der Waals surface area contributed by atoms with Crippen LogP contribution in [0.5, 0.6) is 5.75 Å². The number of nitrogens with one attached hydrogen (secondary N) is 2. The maximum Gasteiger partial charge on any atom is 0.261 e. The maximum atomic E-state index is 11.9. The molecule has 1 atom stereocenters. The second-order valence-corrected chi connectivity index (χ2v) is 4.78. The van der Waals surface area contributed by atoms with E-state index in [9.17, 15) is 4.79 Å². The van der Waals surface area contributed by atoms with E-state index in [1.807, 2.05) is 5.38 Å². The van der Waals surface area contributed by atoms with E-state index in [2.05, 4.69) is 10.6 Å². The highest BCUT2D eigenvalue weighted by Crippen LogP contribution is 2.21. The Kier molecular flexibility index (Phi) is 3.79. The number of carbonyl (C=O) groups excluding carboxylic acids is 1. The molecule has 0 unspecified atom stereocenters. The summed E-state index contributed by atoms with van der Waals surface area (Å²) in [7, 11) is 1.61. The van der Waals surface area contributed by atoms with Gasteiger partial charge in [-0.3, -0.25) is 4.79 Å². The highest BCUT2D eigenvalue weighted by Gasteiger charge is 2.17. The van der Waals surface area contributed by atoms with Crippen LogP contribution >= 0.6 is 11.3 Å². The monoisotopic (exact) mass is 240 g/mol. The third kappa shape index (κ3) is 2.74. The summed E-state index contributed by atoms with van der Waals surface area (Å²) in [4.78, 5) is 12.6. The summed E-state index contributed by atoms with van der Waals surface area (Å²) in [5, 5.41) is 8.14. The third-order valence-corrected chi connectivity index (χ3v) is 3.57. The second kappa shape index (κ2) is 5.32. The summed E-state index contributed by atoms with van der Waals surface area (Å²) in [5.74, 6) is 0.749. The Labute approximate surface area is 99.0 Å². The molecular formula is C11H16N2O2S. The maximum absolute atomic E-state index is 11.9. The van der Waals surface area contributed by atoms with Gasteiger partial charge in [0.2, 0.25) is 0 Å². The first-order valence-electron chi connectivity index (χ1n) is 5.43. The van der Waals surface area contributed by atoms with Crippen LogP contribution in [0, 0.1) is 0 Å². The van der Waals surface area contributed by atoms with E-state index in [-0.39, 0.29) is 11.9 Å². The van der Waals surface area contributed by atoms with Crippen molar-refractivity contribution in [2.45, 2.75) is 18.9 Å². The van der Waals surface area contributed by atoms with Crippen molar-refractivity contribution < 1.29 is 9.53 Å². The van der Waals surface area contributed by atoms with E-state index in [1.54, 1.807) is 13.2 Å². The molecule has 5 heteroatoms. The summed E-state index contributed by atoms with van der Waals surface area (Å²) >= 11 is 1.41. The molecule has 0 bridgehead atoms. The number of piperidine rings is 1. The molecule has 1 fully saturated rings. The van der Waals surface area contributed by atoms with Gasteiger partial charge in [-0.25, -0.2) is 0 Å². The van der Waals surface area contributed by atoms with E-state index in [4.69, 9.17) is 4.74 Å². The molecule has 1 aliphatic rings.